The van der Waals surface area contributed by atoms with Crippen molar-refractivity contribution in [1.82, 2.24) is 4.90 Å². The molecule has 3 rings (SSSR count). The van der Waals surface area contributed by atoms with Crippen LogP contribution in [0.2, 0.25) is 0 Å². The van der Waals surface area contributed by atoms with E-state index in [0.717, 1.165) is 18.7 Å². The molecule has 0 aromatic carbocycles. The lowest BCUT2D eigenvalue weighted by Crippen LogP contribution is -2.49. The van der Waals surface area contributed by atoms with E-state index in [9.17, 15) is 0 Å². The summed E-state index contributed by atoms with van der Waals surface area (Å²) in [7, 11) is 0. The van der Waals surface area contributed by atoms with Gasteiger partial charge in [-0.05, 0) is 38.5 Å². The van der Waals surface area contributed by atoms with Gasteiger partial charge in [-0.2, -0.15) is 0 Å². The van der Waals surface area contributed by atoms with Gasteiger partial charge in [0.25, 0.3) is 0 Å². The number of hydrogen-bond acceptors (Lipinski definition) is 3. The molecule has 2 N–H and O–H groups in total. The first kappa shape index (κ1) is 10.1. The van der Waals surface area contributed by atoms with Crippen molar-refractivity contribution in [3.63, 3.8) is 0 Å². The van der Waals surface area contributed by atoms with Gasteiger partial charge >= 0.3 is 0 Å². The molecule has 0 radical (unpaired) electrons. The molecule has 3 aliphatic heterocycles. The Bertz CT molecular complexity index is 214. The maximum atomic E-state index is 6.07. The molecule has 3 aliphatic rings. The zero-order valence-electron chi connectivity index (χ0n) is 9.40. The molecule has 0 amide bonds. The van der Waals surface area contributed by atoms with Crippen molar-refractivity contribution in [2.24, 2.45) is 5.73 Å². The van der Waals surface area contributed by atoms with Crippen molar-refractivity contribution in [2.75, 3.05) is 13.2 Å². The summed E-state index contributed by atoms with van der Waals surface area (Å²) >= 11 is 0. The summed E-state index contributed by atoms with van der Waals surface area (Å²) < 4.78 is 5.73. The van der Waals surface area contributed by atoms with E-state index in [2.05, 4.69) is 4.90 Å². The number of ether oxygens (including phenoxy) is 1. The minimum absolute atomic E-state index is 0.461. The summed E-state index contributed by atoms with van der Waals surface area (Å²) in [4.78, 5) is 2.69. The minimum Gasteiger partial charge on any atom is -0.377 e. The van der Waals surface area contributed by atoms with Gasteiger partial charge in [-0.15, -0.1) is 0 Å². The van der Waals surface area contributed by atoms with E-state index >= 15 is 0 Å². The number of nitrogens with two attached hydrogens (primary N) is 1. The first-order chi connectivity index (χ1) is 7.33. The molecule has 2 unspecified atom stereocenters. The summed E-state index contributed by atoms with van der Waals surface area (Å²) in [5, 5.41) is 0. The van der Waals surface area contributed by atoms with Crippen molar-refractivity contribution >= 4 is 0 Å². The third-order valence-corrected chi connectivity index (χ3v) is 4.36. The molecule has 2 bridgehead atoms. The van der Waals surface area contributed by atoms with Crippen LogP contribution >= 0.6 is 0 Å². The Balaban J connectivity index is 1.61. The average molecular weight is 210 g/mol. The molecular formula is C12H22N2O. The Labute approximate surface area is 91.9 Å². The van der Waals surface area contributed by atoms with Crippen LogP contribution in [0.15, 0.2) is 0 Å². The zero-order valence-corrected chi connectivity index (χ0v) is 9.40. The van der Waals surface area contributed by atoms with E-state index in [1.54, 1.807) is 0 Å². The number of piperidine rings is 1. The molecule has 3 heteroatoms. The minimum atomic E-state index is 0.461. The van der Waals surface area contributed by atoms with E-state index in [0.29, 0.717) is 12.1 Å². The van der Waals surface area contributed by atoms with Gasteiger partial charge in [0.1, 0.15) is 0 Å². The highest BCUT2D eigenvalue weighted by Gasteiger charge is 2.40. The Morgan fingerprint density at radius 3 is 2.47 bits per heavy atom. The number of hydrogen-bond donors (Lipinski definition) is 1. The second-order valence-corrected chi connectivity index (χ2v) is 5.45. The molecule has 15 heavy (non-hydrogen) atoms. The smallest absolute Gasteiger partial charge is 0.0703 e. The second kappa shape index (κ2) is 4.04. The topological polar surface area (TPSA) is 38.5 Å². The third kappa shape index (κ3) is 1.93. The van der Waals surface area contributed by atoms with Gasteiger partial charge in [-0.3, -0.25) is 4.90 Å². The van der Waals surface area contributed by atoms with Crippen molar-refractivity contribution in [2.45, 2.75) is 62.8 Å². The van der Waals surface area contributed by atoms with E-state index in [1.807, 2.05) is 0 Å². The molecule has 0 spiro atoms. The predicted octanol–water partition coefficient (Wildman–Crippen LogP) is 1.12. The molecule has 0 aliphatic carbocycles. The normalized spacial score (nSPS) is 46.2. The SMILES string of the molecule is NC1C[C@H]2CC[C@@H](C1)N2CC1CCCO1. The lowest BCUT2D eigenvalue weighted by Gasteiger charge is -2.38. The van der Waals surface area contributed by atoms with Gasteiger partial charge in [0.2, 0.25) is 0 Å². The van der Waals surface area contributed by atoms with E-state index in [-0.39, 0.29) is 0 Å². The van der Waals surface area contributed by atoms with E-state index < -0.39 is 0 Å². The fraction of sp³-hybridized carbons (Fsp3) is 1.00. The van der Waals surface area contributed by atoms with Gasteiger partial charge in [0, 0.05) is 31.3 Å². The highest BCUT2D eigenvalue weighted by Crippen LogP contribution is 2.35. The highest BCUT2D eigenvalue weighted by molar-refractivity contribution is 4.97. The number of fused-ring (bicyclic) bond motifs is 2. The maximum absolute atomic E-state index is 6.07. The van der Waals surface area contributed by atoms with Crippen molar-refractivity contribution < 1.29 is 4.74 Å². The Kier molecular flexibility index (Phi) is 2.71. The lowest BCUT2D eigenvalue weighted by molar-refractivity contribution is 0.0368. The van der Waals surface area contributed by atoms with Gasteiger partial charge < -0.3 is 10.5 Å². The molecule has 0 aromatic heterocycles. The van der Waals surface area contributed by atoms with Gasteiger partial charge in [-0.1, -0.05) is 0 Å². The van der Waals surface area contributed by atoms with Crippen LogP contribution in [0.1, 0.15) is 38.5 Å². The van der Waals surface area contributed by atoms with E-state index in [1.165, 1.54) is 45.1 Å². The van der Waals surface area contributed by atoms with Crippen LogP contribution in [0.3, 0.4) is 0 Å². The molecule has 0 aromatic rings. The van der Waals surface area contributed by atoms with E-state index in [4.69, 9.17) is 10.5 Å². The van der Waals surface area contributed by atoms with Crippen molar-refractivity contribution in [1.29, 1.82) is 0 Å². The predicted molar refractivity (Wildman–Crippen MR) is 59.7 cm³/mol. The van der Waals surface area contributed by atoms with Crippen LogP contribution < -0.4 is 5.73 Å². The molecular weight excluding hydrogens is 188 g/mol. The largest absolute Gasteiger partial charge is 0.377 e. The van der Waals surface area contributed by atoms with Crippen LogP contribution in [0, 0.1) is 0 Å². The van der Waals surface area contributed by atoms with Crippen LogP contribution in [0.4, 0.5) is 0 Å². The number of rotatable bonds is 2. The summed E-state index contributed by atoms with van der Waals surface area (Å²) in [5.41, 5.74) is 6.07. The average Bonchev–Trinajstić information content (AvgIpc) is 2.77. The second-order valence-electron chi connectivity index (χ2n) is 5.45. The van der Waals surface area contributed by atoms with Crippen LogP contribution in [0.5, 0.6) is 0 Å². The molecule has 0 saturated carbocycles. The van der Waals surface area contributed by atoms with Crippen LogP contribution in [-0.2, 0) is 4.74 Å². The molecule has 4 atom stereocenters. The van der Waals surface area contributed by atoms with Gasteiger partial charge in [0.15, 0.2) is 0 Å². The monoisotopic (exact) mass is 210 g/mol. The summed E-state index contributed by atoms with van der Waals surface area (Å²) in [6, 6.07) is 1.99. The van der Waals surface area contributed by atoms with Crippen LogP contribution in [-0.4, -0.2) is 42.3 Å². The molecule has 3 nitrogen and oxygen atoms in total. The van der Waals surface area contributed by atoms with Gasteiger partial charge in [-0.25, -0.2) is 0 Å². The first-order valence-electron chi connectivity index (χ1n) is 6.46. The quantitative estimate of drug-likeness (QED) is 0.742. The summed E-state index contributed by atoms with van der Waals surface area (Å²) in [5.74, 6) is 0. The van der Waals surface area contributed by atoms with Crippen molar-refractivity contribution in [3.8, 4) is 0 Å². The third-order valence-electron chi connectivity index (χ3n) is 4.36. The Hall–Kier alpha value is -0.120. The van der Waals surface area contributed by atoms with Gasteiger partial charge in [0.05, 0.1) is 6.10 Å². The summed E-state index contributed by atoms with van der Waals surface area (Å²) in [6.07, 6.45) is 8.19. The zero-order chi connectivity index (χ0) is 10.3. The number of nitrogens with zero attached hydrogens (tertiary/aromatic N) is 1. The molecule has 3 heterocycles. The highest BCUT2D eigenvalue weighted by atomic mass is 16.5. The fourth-order valence-corrected chi connectivity index (χ4v) is 3.64. The Morgan fingerprint density at radius 1 is 1.13 bits per heavy atom. The standard InChI is InChI=1S/C12H22N2O/c13-9-6-10-3-4-11(7-9)14(10)8-12-2-1-5-15-12/h9-12H,1-8,13H2/t9?,10-,11+,12?. The Morgan fingerprint density at radius 2 is 1.87 bits per heavy atom. The molecule has 3 fully saturated rings. The maximum Gasteiger partial charge on any atom is 0.0703 e. The lowest BCUT2D eigenvalue weighted by atomic mass is 9.97. The van der Waals surface area contributed by atoms with Crippen LogP contribution in [0.25, 0.3) is 0 Å². The molecule has 3 saturated heterocycles. The first-order valence-corrected chi connectivity index (χ1v) is 6.46. The fourth-order valence-electron chi connectivity index (χ4n) is 3.64. The summed E-state index contributed by atoms with van der Waals surface area (Å²) in [6.45, 7) is 2.15. The van der Waals surface area contributed by atoms with Crippen molar-refractivity contribution in [3.05, 3.63) is 0 Å². The molecule has 86 valence electrons.